The molecule has 0 aliphatic carbocycles. The fourth-order valence-electron chi connectivity index (χ4n) is 0.567. The van der Waals surface area contributed by atoms with Crippen LogP contribution in [0.15, 0.2) is 29.0 Å². The van der Waals surface area contributed by atoms with E-state index in [1.165, 1.54) is 6.34 Å². The summed E-state index contributed by atoms with van der Waals surface area (Å²) in [6.07, 6.45) is 3.01. The fraction of sp³-hybridized carbons (Fsp3) is 0.167. The third-order valence-electron chi connectivity index (χ3n) is 1.01. The highest BCUT2D eigenvalue weighted by Crippen LogP contribution is 2.17. The van der Waals surface area contributed by atoms with Crippen LogP contribution in [0, 0.1) is 0 Å². The average molecular weight is 252 g/mol. The van der Waals surface area contributed by atoms with Gasteiger partial charge in [0.15, 0.2) is 4.18 Å². The van der Waals surface area contributed by atoms with Crippen molar-refractivity contribution in [1.29, 1.82) is 0 Å². The summed E-state index contributed by atoms with van der Waals surface area (Å²) in [5.41, 5.74) is 1.08. The van der Waals surface area contributed by atoms with Gasteiger partial charge in [-0.1, -0.05) is 6.58 Å². The van der Waals surface area contributed by atoms with Crippen LogP contribution in [0.5, 0.6) is 0 Å². The zero-order valence-electron chi connectivity index (χ0n) is 5.14. The van der Waals surface area contributed by atoms with Crippen molar-refractivity contribution in [2.24, 2.45) is 4.99 Å². The smallest absolute Gasteiger partial charge is 0.192 e. The predicted molar refractivity (Wildman–Crippen MR) is 47.8 cm³/mol. The molecule has 54 valence electrons. The molecule has 1 N–H and O–H groups in total. The molecule has 1 heterocycles. The molecule has 0 bridgehead atoms. The summed E-state index contributed by atoms with van der Waals surface area (Å²) >= 11 is 1.65. The summed E-state index contributed by atoms with van der Waals surface area (Å²) in [7, 11) is 0. The summed E-state index contributed by atoms with van der Waals surface area (Å²) in [4.78, 5) is 3.76. The van der Waals surface area contributed by atoms with Crippen LogP contribution in [0.4, 0.5) is 4.39 Å². The molecular weight excluding hydrogens is 246 g/mol. The summed E-state index contributed by atoms with van der Waals surface area (Å²) in [6, 6.07) is 0. The summed E-state index contributed by atoms with van der Waals surface area (Å²) in [6.45, 7) is 3.60. The SMILES string of the molecule is C=C1C=C(C(F)I)N=CN1. The lowest BCUT2D eigenvalue weighted by Crippen LogP contribution is -2.13. The molecule has 1 aliphatic heterocycles. The van der Waals surface area contributed by atoms with Gasteiger partial charge in [-0.05, 0) is 28.7 Å². The second kappa shape index (κ2) is 3.14. The summed E-state index contributed by atoms with van der Waals surface area (Å²) in [5.74, 6) is 0. The summed E-state index contributed by atoms with van der Waals surface area (Å²) < 4.78 is 11.4. The number of alkyl halides is 2. The second-order valence-electron chi connectivity index (χ2n) is 1.80. The molecule has 0 aromatic carbocycles. The Morgan fingerprint density at radius 1 is 1.80 bits per heavy atom. The van der Waals surface area contributed by atoms with Crippen molar-refractivity contribution >= 4 is 28.9 Å². The number of nitrogens with zero attached hydrogens (tertiary/aromatic N) is 1. The molecule has 2 nitrogen and oxygen atoms in total. The van der Waals surface area contributed by atoms with Crippen molar-refractivity contribution in [3.05, 3.63) is 24.0 Å². The predicted octanol–water partition coefficient (Wildman–Crippen LogP) is 1.75. The van der Waals surface area contributed by atoms with Crippen LogP contribution in [0.1, 0.15) is 0 Å². The Bertz CT molecular complexity index is 208. The average Bonchev–Trinajstić information content (AvgIpc) is 1.88. The Hall–Kier alpha value is -0.390. The lowest BCUT2D eigenvalue weighted by molar-refractivity contribution is 0.517. The van der Waals surface area contributed by atoms with Gasteiger partial charge in [0.1, 0.15) is 0 Å². The van der Waals surface area contributed by atoms with Crippen molar-refractivity contribution in [2.45, 2.75) is 4.18 Å². The molecule has 0 radical (unpaired) electrons. The van der Waals surface area contributed by atoms with E-state index in [1.807, 2.05) is 0 Å². The van der Waals surface area contributed by atoms with Crippen LogP contribution >= 0.6 is 22.6 Å². The molecular formula is C6H6FIN2. The van der Waals surface area contributed by atoms with E-state index in [0.29, 0.717) is 11.4 Å². The fourth-order valence-corrected chi connectivity index (χ4v) is 0.907. The zero-order valence-corrected chi connectivity index (χ0v) is 7.30. The Morgan fingerprint density at radius 2 is 2.50 bits per heavy atom. The van der Waals surface area contributed by atoms with Gasteiger partial charge in [0.2, 0.25) is 0 Å². The molecule has 0 spiro atoms. The number of aliphatic imine (C=N–C) groups is 1. The largest absolute Gasteiger partial charge is 0.347 e. The standard InChI is InChI=1S/C6H6FIN2/c1-4-2-5(6(7)8)10-3-9-4/h2-3,6H,1H2,(H,9,10). The maximum Gasteiger partial charge on any atom is 0.192 e. The number of hydrogen-bond acceptors (Lipinski definition) is 2. The molecule has 10 heavy (non-hydrogen) atoms. The van der Waals surface area contributed by atoms with Gasteiger partial charge >= 0.3 is 0 Å². The van der Waals surface area contributed by atoms with Gasteiger partial charge in [0.05, 0.1) is 12.0 Å². The minimum Gasteiger partial charge on any atom is -0.347 e. The first-order chi connectivity index (χ1) is 4.70. The number of rotatable bonds is 1. The third-order valence-corrected chi connectivity index (χ3v) is 1.65. The van der Waals surface area contributed by atoms with E-state index in [9.17, 15) is 4.39 Å². The van der Waals surface area contributed by atoms with Crippen LogP contribution in [-0.2, 0) is 0 Å². The van der Waals surface area contributed by atoms with E-state index in [2.05, 4.69) is 16.9 Å². The molecule has 0 saturated heterocycles. The van der Waals surface area contributed by atoms with Crippen LogP contribution in [0.25, 0.3) is 0 Å². The molecule has 0 fully saturated rings. The number of hydrogen-bond donors (Lipinski definition) is 1. The van der Waals surface area contributed by atoms with Crippen LogP contribution in [0.2, 0.25) is 0 Å². The van der Waals surface area contributed by atoms with Gasteiger partial charge in [-0.15, -0.1) is 0 Å². The van der Waals surface area contributed by atoms with Gasteiger partial charge in [0.25, 0.3) is 0 Å². The van der Waals surface area contributed by atoms with E-state index in [4.69, 9.17) is 0 Å². The molecule has 1 unspecified atom stereocenters. The highest BCUT2D eigenvalue weighted by atomic mass is 127. The first-order valence-electron chi connectivity index (χ1n) is 2.68. The molecule has 0 amide bonds. The molecule has 1 rings (SSSR count). The molecule has 0 aromatic heterocycles. The highest BCUT2D eigenvalue weighted by Gasteiger charge is 2.08. The minimum atomic E-state index is -1.05. The first kappa shape index (κ1) is 7.71. The lowest BCUT2D eigenvalue weighted by atomic mass is 10.3. The summed E-state index contributed by atoms with van der Waals surface area (Å²) in [5, 5.41) is 2.73. The molecule has 1 aliphatic rings. The third kappa shape index (κ3) is 1.80. The van der Waals surface area contributed by atoms with E-state index >= 15 is 0 Å². The zero-order chi connectivity index (χ0) is 7.56. The number of halogens is 2. The maximum absolute atomic E-state index is 12.5. The molecule has 1 atom stereocenters. The molecule has 0 saturated carbocycles. The van der Waals surface area contributed by atoms with Crippen LogP contribution in [-0.4, -0.2) is 10.5 Å². The van der Waals surface area contributed by atoms with Crippen LogP contribution < -0.4 is 5.32 Å². The van der Waals surface area contributed by atoms with Crippen molar-refractivity contribution < 1.29 is 4.39 Å². The second-order valence-corrected chi connectivity index (χ2v) is 2.89. The Labute approximate surface area is 72.1 Å². The van der Waals surface area contributed by atoms with Crippen LogP contribution in [0.3, 0.4) is 0 Å². The van der Waals surface area contributed by atoms with E-state index in [-0.39, 0.29) is 0 Å². The number of allylic oxidation sites excluding steroid dienone is 2. The lowest BCUT2D eigenvalue weighted by Gasteiger charge is -2.08. The quantitative estimate of drug-likeness (QED) is 0.558. The van der Waals surface area contributed by atoms with Crippen molar-refractivity contribution in [3.8, 4) is 0 Å². The Balaban J connectivity index is 2.76. The van der Waals surface area contributed by atoms with Crippen molar-refractivity contribution in [1.82, 2.24) is 5.32 Å². The normalized spacial score (nSPS) is 19.8. The van der Waals surface area contributed by atoms with Crippen molar-refractivity contribution in [2.75, 3.05) is 0 Å². The first-order valence-corrected chi connectivity index (χ1v) is 3.92. The molecule has 4 heteroatoms. The van der Waals surface area contributed by atoms with E-state index in [0.717, 1.165) is 0 Å². The van der Waals surface area contributed by atoms with Gasteiger partial charge in [0, 0.05) is 5.70 Å². The van der Waals surface area contributed by atoms with E-state index < -0.39 is 4.18 Å². The Kier molecular flexibility index (Phi) is 2.42. The van der Waals surface area contributed by atoms with Gasteiger partial charge in [-0.3, -0.25) is 0 Å². The van der Waals surface area contributed by atoms with E-state index in [1.54, 1.807) is 28.7 Å². The van der Waals surface area contributed by atoms with Crippen molar-refractivity contribution in [3.63, 3.8) is 0 Å². The Morgan fingerprint density at radius 3 is 2.90 bits per heavy atom. The minimum absolute atomic E-state index is 0.407. The molecule has 0 aromatic rings. The highest BCUT2D eigenvalue weighted by molar-refractivity contribution is 14.1. The van der Waals surface area contributed by atoms with Gasteiger partial charge < -0.3 is 5.32 Å². The number of nitrogens with one attached hydrogen (secondary N) is 1. The van der Waals surface area contributed by atoms with Gasteiger partial charge in [-0.2, -0.15) is 0 Å². The monoisotopic (exact) mass is 252 g/mol. The van der Waals surface area contributed by atoms with Gasteiger partial charge in [-0.25, -0.2) is 9.38 Å². The topological polar surface area (TPSA) is 24.4 Å². The maximum atomic E-state index is 12.5.